The Morgan fingerprint density at radius 2 is 1.80 bits per heavy atom. The highest BCUT2D eigenvalue weighted by Crippen LogP contribution is 2.26. The number of hydrogen-bond donors (Lipinski definition) is 2. The average Bonchev–Trinajstić information content (AvgIpc) is 2.71. The van der Waals surface area contributed by atoms with E-state index in [0.29, 0.717) is 12.5 Å². The Hall–Kier alpha value is -2.74. The summed E-state index contributed by atoms with van der Waals surface area (Å²) in [5.41, 5.74) is 1.53. The van der Waals surface area contributed by atoms with E-state index in [4.69, 9.17) is 0 Å². The van der Waals surface area contributed by atoms with Crippen molar-refractivity contribution in [1.82, 2.24) is 15.5 Å². The van der Waals surface area contributed by atoms with E-state index in [0.717, 1.165) is 32.5 Å². The van der Waals surface area contributed by atoms with Crippen LogP contribution in [0.2, 0.25) is 0 Å². The second-order valence-electron chi connectivity index (χ2n) is 7.45. The van der Waals surface area contributed by atoms with Gasteiger partial charge in [0.1, 0.15) is 5.75 Å². The van der Waals surface area contributed by atoms with E-state index >= 15 is 0 Å². The van der Waals surface area contributed by atoms with Crippen LogP contribution >= 0.6 is 0 Å². The Labute approximate surface area is 174 Å². The molecule has 8 heteroatoms. The van der Waals surface area contributed by atoms with Crippen LogP contribution in [0.4, 0.5) is 18.0 Å². The van der Waals surface area contributed by atoms with Crippen molar-refractivity contribution >= 4 is 6.03 Å². The van der Waals surface area contributed by atoms with Crippen molar-refractivity contribution < 1.29 is 22.7 Å². The maximum Gasteiger partial charge on any atom is 0.573 e. The summed E-state index contributed by atoms with van der Waals surface area (Å²) in [4.78, 5) is 14.5. The predicted molar refractivity (Wildman–Crippen MR) is 108 cm³/mol. The van der Waals surface area contributed by atoms with E-state index in [1.54, 1.807) is 6.07 Å². The quantitative estimate of drug-likeness (QED) is 0.701. The molecule has 1 aliphatic rings. The van der Waals surface area contributed by atoms with Crippen LogP contribution in [0.3, 0.4) is 0 Å². The van der Waals surface area contributed by atoms with Crippen molar-refractivity contribution in [3.8, 4) is 5.75 Å². The lowest BCUT2D eigenvalue weighted by molar-refractivity contribution is -0.274. The summed E-state index contributed by atoms with van der Waals surface area (Å²) in [6.07, 6.45) is -2.66. The third-order valence-corrected chi connectivity index (χ3v) is 5.04. The van der Waals surface area contributed by atoms with Gasteiger partial charge in [0, 0.05) is 31.7 Å². The van der Waals surface area contributed by atoms with E-state index in [2.05, 4.69) is 32.4 Å². The number of nitrogens with one attached hydrogen (secondary N) is 2. The minimum absolute atomic E-state index is 0.0527. The fourth-order valence-electron chi connectivity index (χ4n) is 3.65. The molecule has 0 aliphatic carbocycles. The first-order chi connectivity index (χ1) is 14.4. The number of carbonyl (C=O) groups excluding carboxylic acids is 1. The monoisotopic (exact) mass is 421 g/mol. The maximum atomic E-state index is 12.5. The number of urea groups is 1. The van der Waals surface area contributed by atoms with Crippen LogP contribution in [-0.4, -0.2) is 36.9 Å². The molecule has 1 unspecified atom stereocenters. The van der Waals surface area contributed by atoms with Gasteiger partial charge in [-0.2, -0.15) is 0 Å². The fourth-order valence-corrected chi connectivity index (χ4v) is 3.65. The van der Waals surface area contributed by atoms with Crippen molar-refractivity contribution in [1.29, 1.82) is 0 Å². The molecule has 162 valence electrons. The molecular formula is C22H26F3N3O2. The number of benzene rings is 2. The molecule has 2 amide bonds. The standard InChI is InChI=1S/C22H26F3N3O2/c23-22(24,25)30-20-11-5-4-10-19(20)14-27-21(29)26-13-18-9-6-12-28(16-18)15-17-7-2-1-3-8-17/h1-5,7-8,10-11,18H,6,9,12-16H2,(H2,26,27,29). The molecule has 0 aromatic heterocycles. The number of carbonyl (C=O) groups is 1. The van der Waals surface area contributed by atoms with Crippen LogP contribution in [0.5, 0.6) is 5.75 Å². The first-order valence-electron chi connectivity index (χ1n) is 10.0. The number of nitrogens with zero attached hydrogens (tertiary/aromatic N) is 1. The summed E-state index contributed by atoms with van der Waals surface area (Å²) in [6, 6.07) is 15.6. The number of amides is 2. The molecule has 2 aromatic carbocycles. The van der Waals surface area contributed by atoms with Gasteiger partial charge in [-0.25, -0.2) is 4.79 Å². The van der Waals surface area contributed by atoms with Crippen molar-refractivity contribution in [3.05, 3.63) is 65.7 Å². The van der Waals surface area contributed by atoms with E-state index in [9.17, 15) is 18.0 Å². The van der Waals surface area contributed by atoms with Crippen LogP contribution in [0, 0.1) is 5.92 Å². The van der Waals surface area contributed by atoms with Gasteiger partial charge < -0.3 is 15.4 Å². The Morgan fingerprint density at radius 3 is 2.57 bits per heavy atom. The van der Waals surface area contributed by atoms with Gasteiger partial charge in [-0.1, -0.05) is 48.5 Å². The minimum atomic E-state index is -4.77. The highest BCUT2D eigenvalue weighted by molar-refractivity contribution is 5.73. The van der Waals surface area contributed by atoms with Crippen molar-refractivity contribution in [2.75, 3.05) is 19.6 Å². The SMILES string of the molecule is O=C(NCc1ccccc1OC(F)(F)F)NCC1CCCN(Cc2ccccc2)C1. The Bertz CT molecular complexity index is 815. The molecule has 2 N–H and O–H groups in total. The number of halogens is 3. The number of alkyl halides is 3. The van der Waals surface area contributed by atoms with Gasteiger partial charge in [-0.3, -0.25) is 4.90 Å². The predicted octanol–water partition coefficient (Wildman–Crippen LogP) is 4.30. The van der Waals surface area contributed by atoms with Crippen LogP contribution in [0.15, 0.2) is 54.6 Å². The van der Waals surface area contributed by atoms with Crippen LogP contribution in [0.1, 0.15) is 24.0 Å². The summed E-state index contributed by atoms with van der Waals surface area (Å²) in [5, 5.41) is 5.44. The van der Waals surface area contributed by atoms with E-state index in [1.807, 2.05) is 18.2 Å². The smallest absolute Gasteiger partial charge is 0.405 e. The largest absolute Gasteiger partial charge is 0.573 e. The third kappa shape index (κ3) is 7.26. The third-order valence-electron chi connectivity index (χ3n) is 5.04. The summed E-state index contributed by atoms with van der Waals surface area (Å²) in [6.45, 7) is 3.30. The Balaban J connectivity index is 1.43. The molecular weight excluding hydrogens is 395 g/mol. The fraction of sp³-hybridized carbons (Fsp3) is 0.409. The molecule has 5 nitrogen and oxygen atoms in total. The van der Waals surface area contributed by atoms with Gasteiger partial charge in [0.25, 0.3) is 0 Å². The molecule has 1 saturated heterocycles. The molecule has 1 atom stereocenters. The molecule has 0 bridgehead atoms. The first kappa shape index (κ1) is 22.0. The number of para-hydroxylation sites is 1. The topological polar surface area (TPSA) is 53.6 Å². The van der Waals surface area contributed by atoms with Gasteiger partial charge in [0.15, 0.2) is 0 Å². The number of hydrogen-bond acceptors (Lipinski definition) is 3. The molecule has 1 heterocycles. The van der Waals surface area contributed by atoms with Crippen LogP contribution < -0.4 is 15.4 Å². The average molecular weight is 421 g/mol. The lowest BCUT2D eigenvalue weighted by Crippen LogP contribution is -2.43. The highest BCUT2D eigenvalue weighted by atomic mass is 19.4. The molecule has 1 fully saturated rings. The van der Waals surface area contributed by atoms with Gasteiger partial charge in [0.05, 0.1) is 0 Å². The summed E-state index contributed by atoms with van der Waals surface area (Å²) in [7, 11) is 0. The summed E-state index contributed by atoms with van der Waals surface area (Å²) >= 11 is 0. The maximum absolute atomic E-state index is 12.5. The number of ether oxygens (including phenoxy) is 1. The Morgan fingerprint density at radius 1 is 1.07 bits per heavy atom. The van der Waals surface area contributed by atoms with Crippen LogP contribution in [0.25, 0.3) is 0 Å². The second-order valence-corrected chi connectivity index (χ2v) is 7.45. The number of piperidine rings is 1. The molecule has 0 radical (unpaired) electrons. The zero-order valence-electron chi connectivity index (χ0n) is 16.6. The second kappa shape index (κ2) is 10.3. The number of rotatable bonds is 7. The molecule has 3 rings (SSSR count). The van der Waals surface area contributed by atoms with Crippen molar-refractivity contribution in [2.45, 2.75) is 32.3 Å². The lowest BCUT2D eigenvalue weighted by Gasteiger charge is -2.32. The highest BCUT2D eigenvalue weighted by Gasteiger charge is 2.32. The van der Waals surface area contributed by atoms with Crippen molar-refractivity contribution in [3.63, 3.8) is 0 Å². The lowest BCUT2D eigenvalue weighted by atomic mass is 9.97. The van der Waals surface area contributed by atoms with E-state index in [1.165, 1.54) is 23.8 Å². The van der Waals surface area contributed by atoms with Gasteiger partial charge in [-0.05, 0) is 36.9 Å². The van der Waals surface area contributed by atoms with Crippen molar-refractivity contribution in [2.24, 2.45) is 5.92 Å². The van der Waals surface area contributed by atoms with E-state index in [-0.39, 0.29) is 17.9 Å². The molecule has 0 saturated carbocycles. The normalized spacial score (nSPS) is 17.4. The number of likely N-dealkylation sites (tertiary alicyclic amines) is 1. The van der Waals surface area contributed by atoms with Gasteiger partial charge in [-0.15, -0.1) is 13.2 Å². The van der Waals surface area contributed by atoms with E-state index < -0.39 is 12.4 Å². The molecule has 0 spiro atoms. The summed E-state index contributed by atoms with van der Waals surface area (Å²) in [5.74, 6) is 0.0307. The Kier molecular flexibility index (Phi) is 7.57. The van der Waals surface area contributed by atoms with Gasteiger partial charge >= 0.3 is 12.4 Å². The zero-order chi connectivity index (χ0) is 21.4. The summed E-state index contributed by atoms with van der Waals surface area (Å²) < 4.78 is 41.5. The zero-order valence-corrected chi connectivity index (χ0v) is 16.6. The first-order valence-corrected chi connectivity index (χ1v) is 10.0. The minimum Gasteiger partial charge on any atom is -0.405 e. The molecule has 30 heavy (non-hydrogen) atoms. The van der Waals surface area contributed by atoms with Crippen LogP contribution in [-0.2, 0) is 13.1 Å². The molecule has 1 aliphatic heterocycles. The van der Waals surface area contributed by atoms with Gasteiger partial charge in [0.2, 0.25) is 0 Å². The molecule has 2 aromatic rings.